The predicted octanol–water partition coefficient (Wildman–Crippen LogP) is 4.65. The van der Waals surface area contributed by atoms with E-state index in [0.717, 1.165) is 11.8 Å². The Kier molecular flexibility index (Phi) is 4.06. The average molecular weight is 283 g/mol. The molecule has 0 fully saturated rings. The van der Waals surface area contributed by atoms with Crippen molar-refractivity contribution in [3.05, 3.63) is 53.5 Å². The minimum atomic E-state index is -4.33. The van der Waals surface area contributed by atoms with Crippen molar-refractivity contribution in [3.8, 4) is 0 Å². The van der Waals surface area contributed by atoms with Gasteiger partial charge < -0.3 is 9.73 Å². The van der Waals surface area contributed by atoms with Crippen LogP contribution in [0.1, 0.15) is 23.8 Å². The number of aryl methyl sites for hydroxylation is 1. The summed E-state index contributed by atoms with van der Waals surface area (Å²) in [6.45, 7) is 3.36. The summed E-state index contributed by atoms with van der Waals surface area (Å²) in [6, 6.07) is 7.89. The fourth-order valence-electron chi connectivity index (χ4n) is 2.08. The number of hydrogen-bond acceptors (Lipinski definition) is 2. The van der Waals surface area contributed by atoms with Crippen molar-refractivity contribution < 1.29 is 17.6 Å². The SMILES string of the molecule is Cc1ccc(NC(C)Cc2ccco2)cc1C(F)(F)F. The van der Waals surface area contributed by atoms with Crippen LogP contribution in [0.2, 0.25) is 0 Å². The Morgan fingerprint density at radius 1 is 1.25 bits per heavy atom. The molecule has 0 saturated heterocycles. The summed E-state index contributed by atoms with van der Waals surface area (Å²) in [7, 11) is 0. The Morgan fingerprint density at radius 2 is 2.00 bits per heavy atom. The average Bonchev–Trinajstić information content (AvgIpc) is 2.83. The molecule has 2 nitrogen and oxygen atoms in total. The minimum Gasteiger partial charge on any atom is -0.469 e. The highest BCUT2D eigenvalue weighted by Gasteiger charge is 2.32. The van der Waals surface area contributed by atoms with Crippen molar-refractivity contribution in [2.45, 2.75) is 32.5 Å². The van der Waals surface area contributed by atoms with Gasteiger partial charge in [-0.15, -0.1) is 0 Å². The Bertz CT molecular complexity index is 561. The number of nitrogens with one attached hydrogen (secondary N) is 1. The number of halogens is 3. The second-order valence-electron chi connectivity index (χ2n) is 4.86. The molecule has 1 heterocycles. The second kappa shape index (κ2) is 5.61. The van der Waals surface area contributed by atoms with Gasteiger partial charge in [-0.25, -0.2) is 0 Å². The van der Waals surface area contributed by atoms with Crippen LogP contribution in [0.15, 0.2) is 41.0 Å². The molecule has 0 bridgehead atoms. The third-order valence-corrected chi connectivity index (χ3v) is 3.04. The van der Waals surface area contributed by atoms with E-state index < -0.39 is 11.7 Å². The van der Waals surface area contributed by atoms with Gasteiger partial charge in [-0.3, -0.25) is 0 Å². The standard InChI is InChI=1S/C15H16F3NO/c1-10-5-6-12(9-14(10)15(16,17)18)19-11(2)8-13-4-3-7-20-13/h3-7,9,11,19H,8H2,1-2H3. The van der Waals surface area contributed by atoms with Crippen molar-refractivity contribution in [2.75, 3.05) is 5.32 Å². The molecule has 5 heteroatoms. The molecule has 0 amide bonds. The topological polar surface area (TPSA) is 25.2 Å². The first kappa shape index (κ1) is 14.5. The van der Waals surface area contributed by atoms with Gasteiger partial charge in [0.1, 0.15) is 5.76 Å². The van der Waals surface area contributed by atoms with Crippen LogP contribution in [0.3, 0.4) is 0 Å². The summed E-state index contributed by atoms with van der Waals surface area (Å²) >= 11 is 0. The van der Waals surface area contributed by atoms with E-state index in [1.54, 1.807) is 18.4 Å². The smallest absolute Gasteiger partial charge is 0.416 e. The molecule has 0 saturated carbocycles. The summed E-state index contributed by atoms with van der Waals surface area (Å²) in [5.74, 6) is 0.799. The fourth-order valence-corrected chi connectivity index (χ4v) is 2.08. The van der Waals surface area contributed by atoms with E-state index >= 15 is 0 Å². The molecule has 2 aromatic rings. The summed E-state index contributed by atoms with van der Waals surface area (Å²) in [6.07, 6.45) is -2.13. The molecule has 1 aromatic heterocycles. The van der Waals surface area contributed by atoms with Crippen molar-refractivity contribution >= 4 is 5.69 Å². The Labute approximate surface area is 115 Å². The highest BCUT2D eigenvalue weighted by atomic mass is 19.4. The molecule has 0 radical (unpaired) electrons. The van der Waals surface area contributed by atoms with Crippen LogP contribution in [0, 0.1) is 6.92 Å². The highest BCUT2D eigenvalue weighted by Crippen LogP contribution is 2.33. The van der Waals surface area contributed by atoms with Gasteiger partial charge in [-0.2, -0.15) is 13.2 Å². The lowest BCUT2D eigenvalue weighted by Gasteiger charge is -2.17. The molecule has 1 atom stereocenters. The van der Waals surface area contributed by atoms with E-state index in [0.29, 0.717) is 12.1 Å². The van der Waals surface area contributed by atoms with E-state index in [4.69, 9.17) is 4.42 Å². The van der Waals surface area contributed by atoms with Gasteiger partial charge >= 0.3 is 6.18 Å². The molecule has 0 aliphatic heterocycles. The zero-order chi connectivity index (χ0) is 14.8. The molecule has 20 heavy (non-hydrogen) atoms. The monoisotopic (exact) mass is 283 g/mol. The number of anilines is 1. The maximum absolute atomic E-state index is 12.8. The molecule has 0 aliphatic carbocycles. The predicted molar refractivity (Wildman–Crippen MR) is 71.7 cm³/mol. The van der Waals surface area contributed by atoms with Crippen molar-refractivity contribution in [1.29, 1.82) is 0 Å². The first-order chi connectivity index (χ1) is 9.36. The van der Waals surface area contributed by atoms with Gasteiger partial charge in [-0.05, 0) is 43.7 Å². The normalized spacial score (nSPS) is 13.2. The number of alkyl halides is 3. The molecule has 1 N–H and O–H groups in total. The largest absolute Gasteiger partial charge is 0.469 e. The summed E-state index contributed by atoms with van der Waals surface area (Å²) in [4.78, 5) is 0. The maximum Gasteiger partial charge on any atom is 0.416 e. The first-order valence-electron chi connectivity index (χ1n) is 6.33. The number of benzene rings is 1. The van der Waals surface area contributed by atoms with E-state index in [1.165, 1.54) is 13.0 Å². The summed E-state index contributed by atoms with van der Waals surface area (Å²) in [5.41, 5.74) is 0.0800. The molecule has 0 spiro atoms. The van der Waals surface area contributed by atoms with Gasteiger partial charge in [0, 0.05) is 18.2 Å². The van der Waals surface area contributed by atoms with Crippen LogP contribution in [0.4, 0.5) is 18.9 Å². The quantitative estimate of drug-likeness (QED) is 0.883. The van der Waals surface area contributed by atoms with Gasteiger partial charge in [-0.1, -0.05) is 6.07 Å². The van der Waals surface area contributed by atoms with E-state index in [2.05, 4.69) is 5.32 Å². The lowest BCUT2D eigenvalue weighted by molar-refractivity contribution is -0.138. The van der Waals surface area contributed by atoms with Gasteiger partial charge in [0.15, 0.2) is 0 Å². The molecule has 0 aliphatic rings. The molecular formula is C15H16F3NO. The molecular weight excluding hydrogens is 267 g/mol. The zero-order valence-corrected chi connectivity index (χ0v) is 11.3. The molecule has 1 aromatic carbocycles. The van der Waals surface area contributed by atoms with Crippen LogP contribution in [-0.4, -0.2) is 6.04 Å². The fraction of sp³-hybridized carbons (Fsp3) is 0.333. The van der Waals surface area contributed by atoms with Crippen LogP contribution in [0.25, 0.3) is 0 Å². The highest BCUT2D eigenvalue weighted by molar-refractivity contribution is 5.50. The van der Waals surface area contributed by atoms with Gasteiger partial charge in [0.2, 0.25) is 0 Å². The van der Waals surface area contributed by atoms with Gasteiger partial charge in [0.25, 0.3) is 0 Å². The third kappa shape index (κ3) is 3.56. The molecule has 1 unspecified atom stereocenters. The lowest BCUT2D eigenvalue weighted by Crippen LogP contribution is -2.18. The maximum atomic E-state index is 12.8. The van der Waals surface area contributed by atoms with Crippen LogP contribution >= 0.6 is 0 Å². The van der Waals surface area contributed by atoms with Crippen LogP contribution in [0.5, 0.6) is 0 Å². The minimum absolute atomic E-state index is 0.0232. The lowest BCUT2D eigenvalue weighted by atomic mass is 10.1. The number of furan rings is 1. The van der Waals surface area contributed by atoms with Crippen molar-refractivity contribution in [3.63, 3.8) is 0 Å². The third-order valence-electron chi connectivity index (χ3n) is 3.04. The van der Waals surface area contributed by atoms with Crippen LogP contribution in [-0.2, 0) is 12.6 Å². The first-order valence-corrected chi connectivity index (χ1v) is 6.33. The van der Waals surface area contributed by atoms with E-state index in [-0.39, 0.29) is 11.6 Å². The molecule has 108 valence electrons. The molecule has 2 rings (SSSR count). The Morgan fingerprint density at radius 3 is 2.60 bits per heavy atom. The van der Waals surface area contributed by atoms with E-state index in [9.17, 15) is 13.2 Å². The second-order valence-corrected chi connectivity index (χ2v) is 4.86. The van der Waals surface area contributed by atoms with Crippen molar-refractivity contribution in [2.24, 2.45) is 0 Å². The van der Waals surface area contributed by atoms with Gasteiger partial charge in [0.05, 0.1) is 11.8 Å². The number of hydrogen-bond donors (Lipinski definition) is 1. The number of rotatable bonds is 4. The van der Waals surface area contributed by atoms with Crippen LogP contribution < -0.4 is 5.32 Å². The zero-order valence-electron chi connectivity index (χ0n) is 11.3. The van der Waals surface area contributed by atoms with Crippen molar-refractivity contribution in [1.82, 2.24) is 0 Å². The summed E-state index contributed by atoms with van der Waals surface area (Å²) in [5, 5.41) is 3.06. The van der Waals surface area contributed by atoms with E-state index in [1.807, 2.05) is 13.0 Å². The Balaban J connectivity index is 2.10. The summed E-state index contributed by atoms with van der Waals surface area (Å²) < 4.78 is 43.7. The Hall–Kier alpha value is -1.91.